The molecule has 2 aliphatic rings. The Bertz CT molecular complexity index is 1160. The van der Waals surface area contributed by atoms with Gasteiger partial charge in [-0.1, -0.05) is 0 Å². The molecule has 1 aliphatic heterocycles. The summed E-state index contributed by atoms with van der Waals surface area (Å²) in [5, 5.41) is 14.1. The number of halogens is 1. The number of anilines is 1. The van der Waals surface area contributed by atoms with Crippen LogP contribution in [0.25, 0.3) is 16.8 Å². The maximum absolute atomic E-state index is 13.6. The number of hydrogen-bond donors (Lipinski definition) is 0. The molecule has 7 heteroatoms. The molecule has 0 N–H and O–H groups in total. The molecule has 6 nitrogen and oxygen atoms in total. The zero-order valence-corrected chi connectivity index (χ0v) is 15.4. The van der Waals surface area contributed by atoms with Crippen LogP contribution in [0.4, 0.5) is 10.1 Å². The number of hydrogen-bond acceptors (Lipinski definition) is 4. The van der Waals surface area contributed by atoms with Gasteiger partial charge in [0, 0.05) is 24.5 Å². The third-order valence-electron chi connectivity index (χ3n) is 5.95. The third kappa shape index (κ3) is 2.34. The Morgan fingerprint density at radius 3 is 2.89 bits per heavy atom. The first-order valence-corrected chi connectivity index (χ1v) is 9.36. The lowest BCUT2D eigenvalue weighted by Gasteiger charge is -2.21. The Morgan fingerprint density at radius 1 is 1.36 bits per heavy atom. The van der Waals surface area contributed by atoms with E-state index in [9.17, 15) is 14.4 Å². The van der Waals surface area contributed by atoms with E-state index in [4.69, 9.17) is 0 Å². The van der Waals surface area contributed by atoms with Crippen LogP contribution in [-0.2, 0) is 4.79 Å². The lowest BCUT2D eigenvalue weighted by atomic mass is 9.83. The summed E-state index contributed by atoms with van der Waals surface area (Å²) in [6.07, 6.45) is 7.13. The van der Waals surface area contributed by atoms with Gasteiger partial charge in [-0.15, -0.1) is 0 Å². The molecule has 1 amide bonds. The molecule has 1 aliphatic carbocycles. The van der Waals surface area contributed by atoms with Crippen LogP contribution in [0.15, 0.2) is 36.8 Å². The van der Waals surface area contributed by atoms with Crippen LogP contribution in [0.2, 0.25) is 0 Å². The first-order valence-electron chi connectivity index (χ1n) is 9.36. The highest BCUT2D eigenvalue weighted by Crippen LogP contribution is 2.52. The summed E-state index contributed by atoms with van der Waals surface area (Å²) in [4.78, 5) is 19.1. The van der Waals surface area contributed by atoms with Gasteiger partial charge in [0.25, 0.3) is 0 Å². The van der Waals surface area contributed by atoms with Gasteiger partial charge in [-0.3, -0.25) is 9.78 Å². The van der Waals surface area contributed by atoms with E-state index in [-0.39, 0.29) is 17.6 Å². The minimum atomic E-state index is -0.884. The van der Waals surface area contributed by atoms with Gasteiger partial charge >= 0.3 is 0 Å². The fraction of sp³-hybridized carbons (Fsp3) is 0.333. The van der Waals surface area contributed by atoms with Crippen LogP contribution in [0.1, 0.15) is 24.8 Å². The van der Waals surface area contributed by atoms with Crippen LogP contribution in [0, 0.1) is 35.4 Å². The molecule has 0 radical (unpaired) electrons. The first-order chi connectivity index (χ1) is 13.5. The van der Waals surface area contributed by atoms with E-state index in [2.05, 4.69) is 16.2 Å². The van der Waals surface area contributed by atoms with E-state index in [1.54, 1.807) is 34.7 Å². The van der Waals surface area contributed by atoms with Gasteiger partial charge in [-0.05, 0) is 55.9 Å². The van der Waals surface area contributed by atoms with Crippen molar-refractivity contribution in [3.63, 3.8) is 0 Å². The van der Waals surface area contributed by atoms with E-state index in [0.717, 1.165) is 29.6 Å². The van der Waals surface area contributed by atoms with Gasteiger partial charge in [-0.2, -0.15) is 10.4 Å². The summed E-state index contributed by atoms with van der Waals surface area (Å²) in [5.74, 6) is -0.271. The highest BCUT2D eigenvalue weighted by atomic mass is 19.1. The molecule has 1 saturated heterocycles. The normalized spacial score (nSPS) is 22.0. The van der Waals surface area contributed by atoms with Crippen molar-refractivity contribution in [2.45, 2.75) is 26.2 Å². The highest BCUT2D eigenvalue weighted by Gasteiger charge is 2.56. The van der Waals surface area contributed by atoms with E-state index in [1.165, 1.54) is 6.20 Å². The quantitative estimate of drug-likeness (QED) is 0.702. The molecule has 5 rings (SSSR count). The number of rotatable bonds is 3. The maximum atomic E-state index is 13.6. The molecule has 0 spiro atoms. The van der Waals surface area contributed by atoms with E-state index < -0.39 is 5.41 Å². The smallest absolute Gasteiger partial charge is 0.247 e. The SMILES string of the molecule is Cc1cc(-c2cc3c(N4CC[C@@](C#N)(C5CC5)C4=O)ccnn3c2)ncc1F. The summed E-state index contributed by atoms with van der Waals surface area (Å²) < 4.78 is 15.3. The third-order valence-corrected chi connectivity index (χ3v) is 5.95. The lowest BCUT2D eigenvalue weighted by molar-refractivity contribution is -0.123. The van der Waals surface area contributed by atoms with Crippen LogP contribution in [0.3, 0.4) is 0 Å². The summed E-state index contributed by atoms with van der Waals surface area (Å²) in [7, 11) is 0. The molecule has 1 saturated carbocycles. The molecular formula is C21H18FN5O. The molecule has 0 unspecified atom stereocenters. The monoisotopic (exact) mass is 375 g/mol. The van der Waals surface area contributed by atoms with Crippen molar-refractivity contribution in [1.82, 2.24) is 14.6 Å². The lowest BCUT2D eigenvalue weighted by Crippen LogP contribution is -2.35. The van der Waals surface area contributed by atoms with Crippen LogP contribution in [0.5, 0.6) is 0 Å². The highest BCUT2D eigenvalue weighted by molar-refractivity contribution is 6.05. The molecule has 3 aromatic rings. The second kappa shape index (κ2) is 5.86. The molecule has 4 heterocycles. The van der Waals surface area contributed by atoms with Crippen molar-refractivity contribution >= 4 is 17.1 Å². The average Bonchev–Trinajstić information content (AvgIpc) is 3.37. The molecule has 3 aromatic heterocycles. The van der Waals surface area contributed by atoms with Gasteiger partial charge in [0.2, 0.25) is 5.91 Å². The maximum Gasteiger partial charge on any atom is 0.247 e. The number of amides is 1. The molecule has 2 fully saturated rings. The number of carbonyl (C=O) groups excluding carboxylic acids is 1. The number of nitriles is 1. The second-order valence-electron chi connectivity index (χ2n) is 7.66. The predicted molar refractivity (Wildman–Crippen MR) is 101 cm³/mol. The average molecular weight is 375 g/mol. The number of carbonyl (C=O) groups is 1. The topological polar surface area (TPSA) is 74.3 Å². The molecule has 0 bridgehead atoms. The van der Waals surface area contributed by atoms with Crippen molar-refractivity contribution < 1.29 is 9.18 Å². The minimum Gasteiger partial charge on any atom is -0.309 e. The number of fused-ring (bicyclic) bond motifs is 1. The van der Waals surface area contributed by atoms with Crippen LogP contribution < -0.4 is 4.90 Å². The first kappa shape index (κ1) is 16.9. The number of nitrogens with zero attached hydrogens (tertiary/aromatic N) is 5. The Kier molecular flexibility index (Phi) is 3.53. The van der Waals surface area contributed by atoms with Crippen molar-refractivity contribution in [3.05, 3.63) is 48.2 Å². The molecule has 0 aromatic carbocycles. The number of pyridine rings is 1. The Balaban J connectivity index is 1.58. The minimum absolute atomic E-state index is 0.107. The molecular weight excluding hydrogens is 357 g/mol. The Hall–Kier alpha value is -3.27. The van der Waals surface area contributed by atoms with Crippen LogP contribution >= 0.6 is 0 Å². The summed E-state index contributed by atoms with van der Waals surface area (Å²) in [6, 6.07) is 7.72. The largest absolute Gasteiger partial charge is 0.309 e. The van der Waals surface area contributed by atoms with Crippen molar-refractivity contribution in [3.8, 4) is 17.3 Å². The fourth-order valence-corrected chi connectivity index (χ4v) is 4.18. The van der Waals surface area contributed by atoms with Crippen LogP contribution in [-0.4, -0.2) is 27.0 Å². The number of aryl methyl sites for hydroxylation is 1. The summed E-state index contributed by atoms with van der Waals surface area (Å²) >= 11 is 0. The predicted octanol–water partition coefficient (Wildman–Crippen LogP) is 3.50. The molecule has 140 valence electrons. The Morgan fingerprint density at radius 2 is 2.18 bits per heavy atom. The van der Waals surface area contributed by atoms with Gasteiger partial charge < -0.3 is 4.90 Å². The zero-order chi connectivity index (χ0) is 19.5. The van der Waals surface area contributed by atoms with E-state index in [1.807, 2.05) is 12.3 Å². The van der Waals surface area contributed by atoms with Gasteiger partial charge in [0.05, 0.1) is 29.2 Å². The van der Waals surface area contributed by atoms with Gasteiger partial charge in [0.1, 0.15) is 11.2 Å². The fourth-order valence-electron chi connectivity index (χ4n) is 4.18. The summed E-state index contributed by atoms with van der Waals surface area (Å²) in [5.41, 5.74) is 2.58. The van der Waals surface area contributed by atoms with E-state index in [0.29, 0.717) is 24.2 Å². The number of aromatic nitrogens is 3. The van der Waals surface area contributed by atoms with Gasteiger partial charge in [-0.25, -0.2) is 8.91 Å². The van der Waals surface area contributed by atoms with Gasteiger partial charge in [0.15, 0.2) is 0 Å². The second-order valence-corrected chi connectivity index (χ2v) is 7.66. The van der Waals surface area contributed by atoms with Crippen molar-refractivity contribution in [2.24, 2.45) is 11.3 Å². The van der Waals surface area contributed by atoms with E-state index >= 15 is 0 Å². The Labute approximate surface area is 161 Å². The molecule has 28 heavy (non-hydrogen) atoms. The zero-order valence-electron chi connectivity index (χ0n) is 15.4. The standard InChI is InChI=1S/C21H18FN5O/c1-13-8-17(24-10-16(13)22)14-9-19-18(4-6-25-27(19)11-14)26-7-5-21(12-23,20(26)28)15-2-3-15/h4,6,8-11,15H,2-3,5,7H2,1H3/t21-/m1/s1. The molecule has 1 atom stereocenters. The van der Waals surface area contributed by atoms with Crippen molar-refractivity contribution in [2.75, 3.05) is 11.4 Å². The summed E-state index contributed by atoms with van der Waals surface area (Å²) in [6.45, 7) is 2.22. The van der Waals surface area contributed by atoms with Crippen molar-refractivity contribution in [1.29, 1.82) is 5.26 Å².